The molecule has 5 heteroatoms. The van der Waals surface area contributed by atoms with Gasteiger partial charge in [-0.1, -0.05) is 0 Å². The highest BCUT2D eigenvalue weighted by Gasteiger charge is 2.22. The standard InChI is InChI=1S/C16H18N2O3/c1-9-5-11-12(16(19)20)7-13(10-3-4-17-8-10)18-15(11)14(6-9)21-2/h5-7,10,17H,3-4,8H2,1-2H3,(H,19,20). The van der Waals surface area contributed by atoms with Crippen molar-refractivity contribution in [3.05, 3.63) is 35.0 Å². The first kappa shape index (κ1) is 13.8. The fraction of sp³-hybridized carbons (Fsp3) is 0.375. The Hall–Kier alpha value is -2.14. The maximum atomic E-state index is 11.6. The second-order valence-electron chi connectivity index (χ2n) is 5.45. The van der Waals surface area contributed by atoms with Crippen LogP contribution in [0, 0.1) is 6.92 Å². The van der Waals surface area contributed by atoms with Crippen molar-refractivity contribution in [3.63, 3.8) is 0 Å². The van der Waals surface area contributed by atoms with Gasteiger partial charge in [-0.05, 0) is 43.7 Å². The first-order valence-corrected chi connectivity index (χ1v) is 7.03. The van der Waals surface area contributed by atoms with Gasteiger partial charge in [0.15, 0.2) is 0 Å². The zero-order valence-electron chi connectivity index (χ0n) is 12.1. The highest BCUT2D eigenvalue weighted by Crippen LogP contribution is 2.32. The number of carboxylic acid groups (broad SMARTS) is 1. The molecule has 0 radical (unpaired) electrons. The number of carboxylic acids is 1. The number of pyridine rings is 1. The van der Waals surface area contributed by atoms with Gasteiger partial charge in [-0.3, -0.25) is 0 Å². The minimum atomic E-state index is -0.928. The maximum Gasteiger partial charge on any atom is 0.336 e. The van der Waals surface area contributed by atoms with E-state index in [1.165, 1.54) is 0 Å². The topological polar surface area (TPSA) is 71.5 Å². The van der Waals surface area contributed by atoms with Gasteiger partial charge in [0.2, 0.25) is 0 Å². The predicted molar refractivity (Wildman–Crippen MR) is 80.2 cm³/mol. The first-order valence-electron chi connectivity index (χ1n) is 7.03. The first-order chi connectivity index (χ1) is 10.1. The molecule has 5 nitrogen and oxygen atoms in total. The van der Waals surface area contributed by atoms with Crippen LogP contribution in [0.5, 0.6) is 5.75 Å². The minimum absolute atomic E-state index is 0.263. The lowest BCUT2D eigenvalue weighted by Crippen LogP contribution is -2.10. The van der Waals surface area contributed by atoms with E-state index < -0.39 is 5.97 Å². The molecule has 1 fully saturated rings. The number of carbonyl (C=O) groups is 1. The van der Waals surface area contributed by atoms with Crippen LogP contribution in [0.15, 0.2) is 18.2 Å². The molecule has 1 aromatic carbocycles. The molecule has 0 amide bonds. The van der Waals surface area contributed by atoms with Gasteiger partial charge >= 0.3 is 5.97 Å². The molecular weight excluding hydrogens is 268 g/mol. The van der Waals surface area contributed by atoms with Crippen molar-refractivity contribution in [2.45, 2.75) is 19.3 Å². The summed E-state index contributed by atoms with van der Waals surface area (Å²) in [4.78, 5) is 16.3. The Labute approximate surface area is 123 Å². The highest BCUT2D eigenvalue weighted by molar-refractivity contribution is 6.04. The number of hydrogen-bond acceptors (Lipinski definition) is 4. The molecule has 21 heavy (non-hydrogen) atoms. The number of nitrogens with zero attached hydrogens (tertiary/aromatic N) is 1. The van der Waals surface area contributed by atoms with Crippen LogP contribution < -0.4 is 10.1 Å². The van der Waals surface area contributed by atoms with Crippen molar-refractivity contribution in [2.75, 3.05) is 20.2 Å². The van der Waals surface area contributed by atoms with E-state index in [1.54, 1.807) is 13.2 Å². The molecule has 0 saturated carbocycles. The Balaban J connectivity index is 2.28. The Morgan fingerprint density at radius 1 is 1.43 bits per heavy atom. The van der Waals surface area contributed by atoms with Crippen LogP contribution in [-0.2, 0) is 0 Å². The summed E-state index contributed by atoms with van der Waals surface area (Å²) < 4.78 is 5.39. The summed E-state index contributed by atoms with van der Waals surface area (Å²) in [5, 5.41) is 13.4. The van der Waals surface area contributed by atoms with Crippen molar-refractivity contribution in [2.24, 2.45) is 0 Å². The van der Waals surface area contributed by atoms with Crippen molar-refractivity contribution in [1.29, 1.82) is 0 Å². The molecule has 1 atom stereocenters. The largest absolute Gasteiger partial charge is 0.494 e. The van der Waals surface area contributed by atoms with Gasteiger partial charge in [-0.15, -0.1) is 0 Å². The molecule has 0 aliphatic carbocycles. The lowest BCUT2D eigenvalue weighted by molar-refractivity contribution is 0.0699. The average molecular weight is 286 g/mol. The lowest BCUT2D eigenvalue weighted by atomic mass is 9.98. The number of aryl methyl sites for hydroxylation is 1. The van der Waals surface area contributed by atoms with Crippen LogP contribution in [0.2, 0.25) is 0 Å². The number of methoxy groups -OCH3 is 1. The molecule has 2 aromatic rings. The van der Waals surface area contributed by atoms with Crippen LogP contribution in [-0.4, -0.2) is 36.3 Å². The highest BCUT2D eigenvalue weighted by atomic mass is 16.5. The third-order valence-corrected chi connectivity index (χ3v) is 3.97. The number of fused-ring (bicyclic) bond motifs is 1. The molecule has 0 spiro atoms. The fourth-order valence-corrected chi connectivity index (χ4v) is 2.90. The maximum absolute atomic E-state index is 11.6. The van der Waals surface area contributed by atoms with E-state index in [4.69, 9.17) is 4.74 Å². The summed E-state index contributed by atoms with van der Waals surface area (Å²) in [6.45, 7) is 3.70. The lowest BCUT2D eigenvalue weighted by Gasteiger charge is -2.14. The molecule has 2 N–H and O–H groups in total. The van der Waals surface area contributed by atoms with Crippen LogP contribution in [0.4, 0.5) is 0 Å². The summed E-state index contributed by atoms with van der Waals surface area (Å²) in [5.74, 6) is -0.0407. The summed E-state index contributed by atoms with van der Waals surface area (Å²) in [5.41, 5.74) is 2.71. The summed E-state index contributed by atoms with van der Waals surface area (Å²) in [6.07, 6.45) is 0.978. The number of nitrogens with one attached hydrogen (secondary N) is 1. The minimum Gasteiger partial charge on any atom is -0.494 e. The van der Waals surface area contributed by atoms with E-state index in [0.29, 0.717) is 22.2 Å². The van der Waals surface area contributed by atoms with Crippen molar-refractivity contribution in [3.8, 4) is 5.75 Å². The van der Waals surface area contributed by atoms with E-state index in [-0.39, 0.29) is 5.92 Å². The Kier molecular flexibility index (Phi) is 3.51. The van der Waals surface area contributed by atoms with Crippen LogP contribution in [0.3, 0.4) is 0 Å². The second-order valence-corrected chi connectivity index (χ2v) is 5.45. The van der Waals surface area contributed by atoms with Gasteiger partial charge in [-0.25, -0.2) is 9.78 Å². The Bertz CT molecular complexity index is 706. The van der Waals surface area contributed by atoms with E-state index in [0.717, 1.165) is 30.8 Å². The summed E-state index contributed by atoms with van der Waals surface area (Å²) >= 11 is 0. The molecule has 1 saturated heterocycles. The SMILES string of the molecule is COc1cc(C)cc2c(C(=O)O)cc(C3CCNC3)nc12. The summed E-state index contributed by atoms with van der Waals surface area (Å²) in [6, 6.07) is 5.45. The second kappa shape index (κ2) is 5.33. The molecule has 110 valence electrons. The van der Waals surface area contributed by atoms with Gasteiger partial charge in [0.1, 0.15) is 11.3 Å². The predicted octanol–water partition coefficient (Wildman–Crippen LogP) is 2.33. The van der Waals surface area contributed by atoms with E-state index in [1.807, 2.05) is 19.1 Å². The van der Waals surface area contributed by atoms with Crippen LogP contribution >= 0.6 is 0 Å². The molecular formula is C16H18N2O3. The number of ether oxygens (including phenoxy) is 1. The monoisotopic (exact) mass is 286 g/mol. The molecule has 0 bridgehead atoms. The van der Waals surface area contributed by atoms with Gasteiger partial charge in [0.25, 0.3) is 0 Å². The van der Waals surface area contributed by atoms with Crippen LogP contribution in [0.25, 0.3) is 10.9 Å². The van der Waals surface area contributed by atoms with Gasteiger partial charge < -0.3 is 15.2 Å². The quantitative estimate of drug-likeness (QED) is 0.906. The number of aromatic nitrogens is 1. The van der Waals surface area contributed by atoms with Crippen LogP contribution in [0.1, 0.15) is 34.0 Å². The molecule has 1 aromatic heterocycles. The number of rotatable bonds is 3. The average Bonchev–Trinajstić information content (AvgIpc) is 2.99. The van der Waals surface area contributed by atoms with E-state index in [2.05, 4.69) is 10.3 Å². The van der Waals surface area contributed by atoms with Crippen molar-refractivity contribution >= 4 is 16.9 Å². The molecule has 1 aliphatic rings. The smallest absolute Gasteiger partial charge is 0.336 e. The molecule has 3 rings (SSSR count). The van der Waals surface area contributed by atoms with Gasteiger partial charge in [0.05, 0.1) is 12.7 Å². The number of aromatic carboxylic acids is 1. The van der Waals surface area contributed by atoms with Gasteiger partial charge in [0, 0.05) is 23.5 Å². The normalized spacial score (nSPS) is 18.1. The summed E-state index contributed by atoms with van der Waals surface area (Å²) in [7, 11) is 1.58. The third-order valence-electron chi connectivity index (χ3n) is 3.97. The number of benzene rings is 1. The zero-order chi connectivity index (χ0) is 15.0. The van der Waals surface area contributed by atoms with E-state index in [9.17, 15) is 9.90 Å². The molecule has 1 unspecified atom stereocenters. The van der Waals surface area contributed by atoms with Gasteiger partial charge in [-0.2, -0.15) is 0 Å². The third kappa shape index (κ3) is 2.45. The van der Waals surface area contributed by atoms with Crippen molar-refractivity contribution < 1.29 is 14.6 Å². The Morgan fingerprint density at radius 3 is 2.86 bits per heavy atom. The van der Waals surface area contributed by atoms with Crippen molar-refractivity contribution in [1.82, 2.24) is 10.3 Å². The Morgan fingerprint density at radius 2 is 2.24 bits per heavy atom. The van der Waals surface area contributed by atoms with E-state index >= 15 is 0 Å². The molecule has 1 aliphatic heterocycles. The zero-order valence-corrected chi connectivity index (χ0v) is 12.1. The number of hydrogen-bond donors (Lipinski definition) is 2. The fourth-order valence-electron chi connectivity index (χ4n) is 2.90. The molecule has 2 heterocycles.